The Bertz CT molecular complexity index is 513. The van der Waals surface area contributed by atoms with Crippen molar-refractivity contribution in [3.8, 4) is 11.4 Å². The molecule has 4 N–H and O–H groups in total. The average Bonchev–Trinajstić information content (AvgIpc) is 2.97. The molecule has 7 nitrogen and oxygen atoms in total. The Morgan fingerprint density at radius 1 is 1.30 bits per heavy atom. The molecule has 0 unspecified atom stereocenters. The number of rotatable bonds is 6. The molecule has 1 aromatic heterocycles. The Labute approximate surface area is 122 Å². The van der Waals surface area contributed by atoms with E-state index >= 15 is 0 Å². The molecule has 0 saturated heterocycles. The predicted octanol–water partition coefficient (Wildman–Crippen LogP) is 0.644. The van der Waals surface area contributed by atoms with Gasteiger partial charge in [-0.05, 0) is 23.7 Å². The molecule has 0 fully saturated rings. The van der Waals surface area contributed by atoms with Crippen molar-refractivity contribution in [1.82, 2.24) is 25.9 Å². The van der Waals surface area contributed by atoms with Crippen LogP contribution in [-0.4, -0.2) is 33.1 Å². The number of amides is 1. The van der Waals surface area contributed by atoms with Crippen LogP contribution in [-0.2, 0) is 11.3 Å². The number of nitrogens with two attached hydrogens (primary N) is 1. The number of nitrogens with zero attached hydrogens (tertiary/aromatic N) is 3. The normalized spacial score (nSPS) is 9.85. The van der Waals surface area contributed by atoms with Crippen molar-refractivity contribution in [1.29, 1.82) is 0 Å². The Kier molecular flexibility index (Phi) is 6.61. The number of hydrogen-bond donors (Lipinski definition) is 3. The van der Waals surface area contributed by atoms with Gasteiger partial charge in [0.25, 0.3) is 0 Å². The predicted molar refractivity (Wildman–Crippen MR) is 77.0 cm³/mol. The summed E-state index contributed by atoms with van der Waals surface area (Å²) in [6.07, 6.45) is 1.18. The van der Waals surface area contributed by atoms with E-state index in [1.165, 1.54) is 0 Å². The smallest absolute Gasteiger partial charge is 0.220 e. The molecule has 1 amide bonds. The zero-order valence-corrected chi connectivity index (χ0v) is 11.7. The summed E-state index contributed by atoms with van der Waals surface area (Å²) in [5.74, 6) is 0.575. The average molecular weight is 297 g/mol. The van der Waals surface area contributed by atoms with Gasteiger partial charge < -0.3 is 11.1 Å². The second-order valence-electron chi connectivity index (χ2n) is 4.10. The minimum atomic E-state index is 0. The lowest BCUT2D eigenvalue weighted by atomic mass is 10.1. The van der Waals surface area contributed by atoms with Gasteiger partial charge in [0.05, 0.1) is 0 Å². The van der Waals surface area contributed by atoms with Gasteiger partial charge in [-0.25, -0.2) is 0 Å². The van der Waals surface area contributed by atoms with Gasteiger partial charge in [0.1, 0.15) is 0 Å². The number of H-pyrrole nitrogens is 1. The largest absolute Gasteiger partial charge is 0.352 e. The topological polar surface area (TPSA) is 110 Å². The Morgan fingerprint density at radius 3 is 2.65 bits per heavy atom. The van der Waals surface area contributed by atoms with Crippen LogP contribution in [0.1, 0.15) is 18.4 Å². The number of aromatic nitrogens is 4. The lowest BCUT2D eigenvalue weighted by Gasteiger charge is -2.05. The molecule has 2 aromatic rings. The van der Waals surface area contributed by atoms with E-state index in [0.717, 1.165) is 11.1 Å². The summed E-state index contributed by atoms with van der Waals surface area (Å²) in [5, 5.41) is 16.5. The third kappa shape index (κ3) is 4.60. The highest BCUT2D eigenvalue weighted by atomic mass is 35.5. The SMILES string of the molecule is Cl.NCCCC(=O)NCc1ccc(-c2nn[nH]n2)cc1. The fraction of sp³-hybridized carbons (Fsp3) is 0.333. The first-order valence-corrected chi connectivity index (χ1v) is 6.09. The molecule has 0 spiro atoms. The van der Waals surface area contributed by atoms with E-state index < -0.39 is 0 Å². The van der Waals surface area contributed by atoms with Crippen molar-refractivity contribution < 1.29 is 4.79 Å². The van der Waals surface area contributed by atoms with Crippen molar-refractivity contribution in [3.05, 3.63) is 29.8 Å². The van der Waals surface area contributed by atoms with Crippen LogP contribution in [0.3, 0.4) is 0 Å². The third-order valence-corrected chi connectivity index (χ3v) is 2.66. The van der Waals surface area contributed by atoms with Crippen LogP contribution in [0.25, 0.3) is 11.4 Å². The molecule has 0 saturated carbocycles. The Balaban J connectivity index is 0.00000200. The standard InChI is InChI=1S/C12H16N6O.ClH/c13-7-1-2-11(19)14-8-9-3-5-10(6-4-9)12-15-17-18-16-12;/h3-6H,1-2,7-8,13H2,(H,14,19)(H,15,16,17,18);1H. The van der Waals surface area contributed by atoms with Gasteiger partial charge in [-0.15, -0.1) is 22.6 Å². The molecule has 0 aliphatic carbocycles. The molecule has 0 aliphatic rings. The van der Waals surface area contributed by atoms with Crippen molar-refractivity contribution in [2.45, 2.75) is 19.4 Å². The zero-order valence-electron chi connectivity index (χ0n) is 10.9. The molecule has 2 rings (SSSR count). The monoisotopic (exact) mass is 296 g/mol. The van der Waals surface area contributed by atoms with Gasteiger partial charge in [-0.2, -0.15) is 5.21 Å². The summed E-state index contributed by atoms with van der Waals surface area (Å²) in [4.78, 5) is 11.4. The fourth-order valence-electron chi connectivity index (χ4n) is 1.61. The molecular weight excluding hydrogens is 280 g/mol. The summed E-state index contributed by atoms with van der Waals surface area (Å²) < 4.78 is 0. The molecular formula is C12H17ClN6O. The van der Waals surface area contributed by atoms with Crippen molar-refractivity contribution in [3.63, 3.8) is 0 Å². The van der Waals surface area contributed by atoms with Crippen molar-refractivity contribution >= 4 is 18.3 Å². The van der Waals surface area contributed by atoms with Crippen LogP contribution >= 0.6 is 12.4 Å². The summed E-state index contributed by atoms with van der Waals surface area (Å²) in [5.41, 5.74) is 7.25. The molecule has 0 atom stereocenters. The van der Waals surface area contributed by atoms with E-state index in [4.69, 9.17) is 5.73 Å². The fourth-order valence-corrected chi connectivity index (χ4v) is 1.61. The maximum absolute atomic E-state index is 11.4. The minimum Gasteiger partial charge on any atom is -0.352 e. The van der Waals surface area contributed by atoms with Crippen LogP contribution in [0.4, 0.5) is 0 Å². The number of halogens is 1. The number of benzene rings is 1. The van der Waals surface area contributed by atoms with Crippen molar-refractivity contribution in [2.24, 2.45) is 5.73 Å². The summed E-state index contributed by atoms with van der Waals surface area (Å²) >= 11 is 0. The number of tetrazole rings is 1. The van der Waals surface area contributed by atoms with Gasteiger partial charge in [-0.3, -0.25) is 4.79 Å². The lowest BCUT2D eigenvalue weighted by Crippen LogP contribution is -2.23. The molecule has 0 aliphatic heterocycles. The highest BCUT2D eigenvalue weighted by Crippen LogP contribution is 2.13. The van der Waals surface area contributed by atoms with Crippen LogP contribution in [0, 0.1) is 0 Å². The number of hydrogen-bond acceptors (Lipinski definition) is 5. The summed E-state index contributed by atoms with van der Waals surface area (Å²) in [6.45, 7) is 1.04. The lowest BCUT2D eigenvalue weighted by molar-refractivity contribution is -0.121. The highest BCUT2D eigenvalue weighted by molar-refractivity contribution is 5.85. The van der Waals surface area contributed by atoms with E-state index in [9.17, 15) is 4.79 Å². The molecule has 1 aromatic carbocycles. The maximum atomic E-state index is 11.4. The summed E-state index contributed by atoms with van der Waals surface area (Å²) in [7, 11) is 0. The second-order valence-corrected chi connectivity index (χ2v) is 4.10. The molecule has 8 heteroatoms. The first-order chi connectivity index (χ1) is 9.29. The number of nitrogens with one attached hydrogen (secondary N) is 2. The van der Waals surface area contributed by atoms with Crippen LogP contribution in [0.15, 0.2) is 24.3 Å². The van der Waals surface area contributed by atoms with Gasteiger partial charge in [0.15, 0.2) is 0 Å². The first kappa shape index (κ1) is 16.1. The summed E-state index contributed by atoms with van der Waals surface area (Å²) in [6, 6.07) is 7.64. The van der Waals surface area contributed by atoms with E-state index in [-0.39, 0.29) is 18.3 Å². The molecule has 20 heavy (non-hydrogen) atoms. The molecule has 108 valence electrons. The zero-order chi connectivity index (χ0) is 13.5. The quantitative estimate of drug-likeness (QED) is 0.725. The Morgan fingerprint density at radius 2 is 2.05 bits per heavy atom. The van der Waals surface area contributed by atoms with Crippen LogP contribution in [0.5, 0.6) is 0 Å². The second kappa shape index (κ2) is 8.23. The van der Waals surface area contributed by atoms with Gasteiger partial charge >= 0.3 is 0 Å². The van der Waals surface area contributed by atoms with Gasteiger partial charge in [-0.1, -0.05) is 24.3 Å². The van der Waals surface area contributed by atoms with Crippen LogP contribution in [0.2, 0.25) is 0 Å². The minimum absolute atomic E-state index is 0. The van der Waals surface area contributed by atoms with E-state index in [1.54, 1.807) is 0 Å². The third-order valence-electron chi connectivity index (χ3n) is 2.66. The van der Waals surface area contributed by atoms with Gasteiger partial charge in [0.2, 0.25) is 11.7 Å². The van der Waals surface area contributed by atoms with Crippen molar-refractivity contribution in [2.75, 3.05) is 6.54 Å². The number of aromatic amines is 1. The number of carbonyl (C=O) groups excluding carboxylic acids is 1. The molecule has 0 bridgehead atoms. The first-order valence-electron chi connectivity index (χ1n) is 6.09. The van der Waals surface area contributed by atoms with Crippen LogP contribution < -0.4 is 11.1 Å². The van der Waals surface area contributed by atoms with Gasteiger partial charge in [0, 0.05) is 18.5 Å². The van der Waals surface area contributed by atoms with E-state index in [2.05, 4.69) is 25.9 Å². The highest BCUT2D eigenvalue weighted by Gasteiger charge is 2.03. The molecule has 0 radical (unpaired) electrons. The molecule has 1 heterocycles. The number of carbonyl (C=O) groups is 1. The van der Waals surface area contributed by atoms with E-state index in [0.29, 0.717) is 31.8 Å². The van der Waals surface area contributed by atoms with E-state index in [1.807, 2.05) is 24.3 Å². The Hall–Kier alpha value is -1.99. The maximum Gasteiger partial charge on any atom is 0.220 e.